The second-order valence-corrected chi connectivity index (χ2v) is 7.67. The van der Waals surface area contributed by atoms with Crippen LogP contribution in [0.15, 0.2) is 16.5 Å². The van der Waals surface area contributed by atoms with Gasteiger partial charge in [-0.25, -0.2) is 0 Å². The van der Waals surface area contributed by atoms with Gasteiger partial charge in [-0.2, -0.15) is 0 Å². The van der Waals surface area contributed by atoms with Crippen LogP contribution < -0.4 is 0 Å². The number of ether oxygens (including phenoxy) is 1. The third kappa shape index (κ3) is 10.6. The minimum absolute atomic E-state index is 0.113. The molecule has 0 radical (unpaired) electrons. The summed E-state index contributed by atoms with van der Waals surface area (Å²) in [7, 11) is 1.44. The van der Waals surface area contributed by atoms with Gasteiger partial charge in [-0.3, -0.25) is 4.79 Å². The Bertz CT molecular complexity index is 490. The topological polar surface area (TPSA) is 59.7 Å². The van der Waals surface area contributed by atoms with Crippen molar-refractivity contribution in [2.75, 3.05) is 7.11 Å². The monoisotopic (exact) mass is 366 g/mol. The van der Waals surface area contributed by atoms with Crippen molar-refractivity contribution >= 4 is 5.97 Å². The molecule has 1 unspecified atom stereocenters. The fraction of sp³-hybridized carbons (Fsp3) is 0.773. The van der Waals surface area contributed by atoms with Gasteiger partial charge >= 0.3 is 5.97 Å². The van der Waals surface area contributed by atoms with Crippen molar-refractivity contribution in [1.29, 1.82) is 0 Å². The first-order chi connectivity index (χ1) is 12.5. The fourth-order valence-electron chi connectivity index (χ4n) is 3.17. The maximum absolute atomic E-state index is 11.0. The molecule has 1 aromatic rings. The van der Waals surface area contributed by atoms with Crippen LogP contribution in [0, 0.1) is 0 Å². The molecule has 4 nitrogen and oxygen atoms in total. The Morgan fingerprint density at radius 3 is 2.35 bits per heavy atom. The van der Waals surface area contributed by atoms with Crippen molar-refractivity contribution in [3.05, 3.63) is 23.7 Å². The second kappa shape index (κ2) is 13.0. The molecule has 1 heterocycles. The molecule has 0 bridgehead atoms. The molecule has 1 atom stereocenters. The van der Waals surface area contributed by atoms with E-state index in [0.717, 1.165) is 75.7 Å². The van der Waals surface area contributed by atoms with E-state index in [2.05, 4.69) is 17.7 Å². The number of esters is 1. The highest BCUT2D eigenvalue weighted by atomic mass is 16.5. The second-order valence-electron chi connectivity index (χ2n) is 7.67. The molecule has 0 aliphatic rings. The van der Waals surface area contributed by atoms with E-state index in [-0.39, 0.29) is 5.97 Å². The summed E-state index contributed by atoms with van der Waals surface area (Å²) in [5.74, 6) is 1.91. The highest BCUT2D eigenvalue weighted by molar-refractivity contribution is 5.68. The lowest BCUT2D eigenvalue weighted by Gasteiger charge is -2.22. The van der Waals surface area contributed by atoms with E-state index in [1.54, 1.807) is 0 Å². The molecule has 26 heavy (non-hydrogen) atoms. The summed E-state index contributed by atoms with van der Waals surface area (Å²) in [6, 6.07) is 4.12. The lowest BCUT2D eigenvalue weighted by Crippen LogP contribution is -2.24. The molecule has 1 aromatic heterocycles. The van der Waals surface area contributed by atoms with Gasteiger partial charge in [0.15, 0.2) is 0 Å². The van der Waals surface area contributed by atoms with Crippen LogP contribution in [-0.2, 0) is 22.4 Å². The van der Waals surface area contributed by atoms with Crippen LogP contribution in [0.2, 0.25) is 0 Å². The Hall–Kier alpha value is -1.29. The van der Waals surface area contributed by atoms with Gasteiger partial charge in [0.1, 0.15) is 11.5 Å². The molecule has 150 valence electrons. The van der Waals surface area contributed by atoms with E-state index in [9.17, 15) is 9.90 Å². The van der Waals surface area contributed by atoms with Crippen LogP contribution in [0.1, 0.15) is 96.0 Å². The average Bonchev–Trinajstić information content (AvgIpc) is 3.07. The standard InChI is InChI=1S/C22H38O4/c1-4-5-11-17-22(2,24)18-16-20-15-14-19(26-20)12-9-7-6-8-10-13-21(23)25-3/h14-15,24H,4-13,16-18H2,1-3H3. The Kier molecular flexibility index (Phi) is 11.3. The number of rotatable bonds is 15. The van der Waals surface area contributed by atoms with E-state index in [4.69, 9.17) is 4.42 Å². The highest BCUT2D eigenvalue weighted by Crippen LogP contribution is 2.22. The number of carbonyl (C=O) groups excluding carboxylic acids is 1. The van der Waals surface area contributed by atoms with Crippen molar-refractivity contribution in [3.8, 4) is 0 Å². The van der Waals surface area contributed by atoms with Crippen LogP contribution in [-0.4, -0.2) is 23.8 Å². The van der Waals surface area contributed by atoms with Gasteiger partial charge in [-0.05, 0) is 44.7 Å². The summed E-state index contributed by atoms with van der Waals surface area (Å²) in [4.78, 5) is 11.0. The number of hydrogen-bond donors (Lipinski definition) is 1. The van der Waals surface area contributed by atoms with Crippen LogP contribution in [0.25, 0.3) is 0 Å². The Morgan fingerprint density at radius 2 is 1.65 bits per heavy atom. The molecule has 4 heteroatoms. The first-order valence-electron chi connectivity index (χ1n) is 10.3. The van der Waals surface area contributed by atoms with Gasteiger partial charge in [0, 0.05) is 19.3 Å². The highest BCUT2D eigenvalue weighted by Gasteiger charge is 2.20. The quantitative estimate of drug-likeness (QED) is 0.324. The van der Waals surface area contributed by atoms with Crippen molar-refractivity contribution < 1.29 is 19.1 Å². The lowest BCUT2D eigenvalue weighted by molar-refractivity contribution is -0.140. The molecule has 0 saturated carbocycles. The first kappa shape index (κ1) is 22.8. The maximum atomic E-state index is 11.0. The zero-order valence-electron chi connectivity index (χ0n) is 17.0. The predicted octanol–water partition coefficient (Wildman–Crippen LogP) is 5.60. The van der Waals surface area contributed by atoms with E-state index in [0.29, 0.717) is 6.42 Å². The molecular formula is C22H38O4. The molecule has 0 aromatic carbocycles. The Balaban J connectivity index is 2.14. The molecule has 0 aliphatic heterocycles. The van der Waals surface area contributed by atoms with Crippen molar-refractivity contribution in [3.63, 3.8) is 0 Å². The smallest absolute Gasteiger partial charge is 0.305 e. The first-order valence-corrected chi connectivity index (χ1v) is 10.3. The number of furan rings is 1. The van der Waals surface area contributed by atoms with Gasteiger partial charge in [-0.15, -0.1) is 0 Å². The Labute approximate surface area is 159 Å². The molecule has 0 aliphatic carbocycles. The maximum Gasteiger partial charge on any atom is 0.305 e. The van der Waals surface area contributed by atoms with Crippen LogP contribution in [0.5, 0.6) is 0 Å². The summed E-state index contributed by atoms with van der Waals surface area (Å²) in [5.41, 5.74) is -0.591. The van der Waals surface area contributed by atoms with Crippen molar-refractivity contribution in [1.82, 2.24) is 0 Å². The van der Waals surface area contributed by atoms with E-state index in [1.807, 2.05) is 13.0 Å². The summed E-state index contributed by atoms with van der Waals surface area (Å²) < 4.78 is 10.5. The minimum Gasteiger partial charge on any atom is -0.469 e. The summed E-state index contributed by atoms with van der Waals surface area (Å²) in [5, 5.41) is 10.4. The molecule has 0 spiro atoms. The van der Waals surface area contributed by atoms with Gasteiger partial charge < -0.3 is 14.3 Å². The largest absolute Gasteiger partial charge is 0.469 e. The van der Waals surface area contributed by atoms with Gasteiger partial charge in [0.05, 0.1) is 12.7 Å². The molecular weight excluding hydrogens is 328 g/mol. The van der Waals surface area contributed by atoms with Crippen LogP contribution in [0.4, 0.5) is 0 Å². The summed E-state index contributed by atoms with van der Waals surface area (Å²) in [6.07, 6.45) is 12.8. The van der Waals surface area contributed by atoms with Crippen LogP contribution in [0.3, 0.4) is 0 Å². The normalized spacial score (nSPS) is 13.5. The minimum atomic E-state index is -0.591. The van der Waals surface area contributed by atoms with Gasteiger partial charge in [-0.1, -0.05) is 45.4 Å². The van der Waals surface area contributed by atoms with E-state index in [1.165, 1.54) is 20.0 Å². The third-order valence-corrected chi connectivity index (χ3v) is 4.98. The number of aliphatic hydroxyl groups is 1. The average molecular weight is 367 g/mol. The number of aryl methyl sites for hydroxylation is 2. The number of carbonyl (C=O) groups is 1. The number of methoxy groups -OCH3 is 1. The predicted molar refractivity (Wildman–Crippen MR) is 105 cm³/mol. The van der Waals surface area contributed by atoms with E-state index < -0.39 is 5.60 Å². The SMILES string of the molecule is CCCCCC(C)(O)CCc1ccc(CCCCCCCC(=O)OC)o1. The molecule has 0 amide bonds. The molecule has 0 saturated heterocycles. The van der Waals surface area contributed by atoms with Crippen LogP contribution >= 0.6 is 0 Å². The Morgan fingerprint density at radius 1 is 1.00 bits per heavy atom. The molecule has 1 rings (SSSR count). The molecule has 0 fully saturated rings. The van der Waals surface area contributed by atoms with E-state index >= 15 is 0 Å². The third-order valence-electron chi connectivity index (χ3n) is 4.98. The van der Waals surface area contributed by atoms with Gasteiger partial charge in [0.25, 0.3) is 0 Å². The fourth-order valence-corrected chi connectivity index (χ4v) is 3.17. The van der Waals surface area contributed by atoms with Crippen molar-refractivity contribution in [2.45, 2.75) is 103 Å². The zero-order chi connectivity index (χ0) is 19.3. The van der Waals surface area contributed by atoms with Gasteiger partial charge in [0.2, 0.25) is 0 Å². The lowest BCUT2D eigenvalue weighted by atomic mass is 9.93. The van der Waals surface area contributed by atoms with Crippen molar-refractivity contribution in [2.24, 2.45) is 0 Å². The number of unbranched alkanes of at least 4 members (excludes halogenated alkanes) is 6. The molecule has 1 N–H and O–H groups in total. The summed E-state index contributed by atoms with van der Waals surface area (Å²) >= 11 is 0. The number of hydrogen-bond acceptors (Lipinski definition) is 4. The zero-order valence-corrected chi connectivity index (χ0v) is 17.0. The summed E-state index contributed by atoms with van der Waals surface area (Å²) in [6.45, 7) is 4.12.